The molecule has 0 spiro atoms. The van der Waals surface area contributed by atoms with E-state index in [1.54, 1.807) is 6.07 Å². The van der Waals surface area contributed by atoms with E-state index in [2.05, 4.69) is 10.4 Å². The number of ether oxygens (including phenoxy) is 1. The fourth-order valence-corrected chi connectivity index (χ4v) is 3.96. The molecule has 1 saturated heterocycles. The number of nitrogens with zero attached hydrogens (tertiary/aromatic N) is 2. The first-order valence-corrected chi connectivity index (χ1v) is 10.3. The van der Waals surface area contributed by atoms with Gasteiger partial charge in [-0.3, -0.25) is 9.89 Å². The van der Waals surface area contributed by atoms with Crippen LogP contribution < -0.4 is 10.9 Å². The number of hydrogen-bond donors (Lipinski definition) is 2. The van der Waals surface area contributed by atoms with E-state index in [1.165, 1.54) is 16.6 Å². The molecule has 6 nitrogen and oxygen atoms in total. The fraction of sp³-hybridized carbons (Fsp3) is 0.455. The van der Waals surface area contributed by atoms with E-state index in [0.29, 0.717) is 29.4 Å². The SMILES string of the molecule is CC(C)C(NCc1ccc(F)c(F)c1)c1cc(=O)n2[nH]c(C3CCOCC3)cc2n1. The molecule has 8 heteroatoms. The van der Waals surface area contributed by atoms with Gasteiger partial charge in [0.2, 0.25) is 0 Å². The Morgan fingerprint density at radius 3 is 2.67 bits per heavy atom. The van der Waals surface area contributed by atoms with Gasteiger partial charge in [-0.1, -0.05) is 19.9 Å². The second kappa shape index (κ2) is 8.65. The second-order valence-corrected chi connectivity index (χ2v) is 8.16. The highest BCUT2D eigenvalue weighted by Gasteiger charge is 2.22. The molecule has 2 aromatic heterocycles. The minimum atomic E-state index is -0.874. The highest BCUT2D eigenvalue weighted by atomic mass is 19.2. The lowest BCUT2D eigenvalue weighted by Gasteiger charge is -2.22. The standard InChI is InChI=1S/C22H26F2N4O2/c1-13(2)22(25-12-14-3-4-16(23)17(24)9-14)19-11-21(29)28-20(26-19)10-18(27-28)15-5-7-30-8-6-15/h3-4,9-11,13,15,22,25,27H,5-8,12H2,1-2H3. The number of aromatic nitrogens is 3. The summed E-state index contributed by atoms with van der Waals surface area (Å²) in [5.74, 6) is -1.28. The molecule has 0 saturated carbocycles. The lowest BCUT2D eigenvalue weighted by molar-refractivity contribution is 0.0844. The van der Waals surface area contributed by atoms with Crippen molar-refractivity contribution < 1.29 is 13.5 Å². The van der Waals surface area contributed by atoms with Crippen LogP contribution in [0.15, 0.2) is 35.1 Å². The van der Waals surface area contributed by atoms with E-state index in [-0.39, 0.29) is 17.5 Å². The van der Waals surface area contributed by atoms with E-state index in [9.17, 15) is 13.6 Å². The van der Waals surface area contributed by atoms with Crippen LogP contribution in [-0.2, 0) is 11.3 Å². The summed E-state index contributed by atoms with van der Waals surface area (Å²) in [5, 5.41) is 6.52. The van der Waals surface area contributed by atoms with Crippen molar-refractivity contribution in [2.45, 2.75) is 45.2 Å². The molecule has 160 valence electrons. The van der Waals surface area contributed by atoms with E-state index in [4.69, 9.17) is 9.72 Å². The second-order valence-electron chi connectivity index (χ2n) is 8.16. The first-order valence-electron chi connectivity index (χ1n) is 10.3. The molecule has 0 amide bonds. The van der Waals surface area contributed by atoms with Crippen LogP contribution in [0.2, 0.25) is 0 Å². The predicted molar refractivity (Wildman–Crippen MR) is 109 cm³/mol. The number of rotatable bonds is 6. The molecule has 0 bridgehead atoms. The van der Waals surface area contributed by atoms with Gasteiger partial charge < -0.3 is 10.1 Å². The minimum Gasteiger partial charge on any atom is -0.381 e. The zero-order valence-electron chi connectivity index (χ0n) is 17.1. The van der Waals surface area contributed by atoms with Gasteiger partial charge in [0.1, 0.15) is 0 Å². The smallest absolute Gasteiger partial charge is 0.272 e. The maximum Gasteiger partial charge on any atom is 0.272 e. The van der Waals surface area contributed by atoms with Crippen molar-refractivity contribution in [2.75, 3.05) is 13.2 Å². The van der Waals surface area contributed by atoms with Crippen LogP contribution in [0.5, 0.6) is 0 Å². The van der Waals surface area contributed by atoms with Gasteiger partial charge in [-0.05, 0) is 36.5 Å². The maximum atomic E-state index is 13.5. The molecule has 2 N–H and O–H groups in total. The summed E-state index contributed by atoms with van der Waals surface area (Å²) in [4.78, 5) is 17.4. The Balaban J connectivity index is 1.59. The zero-order valence-corrected chi connectivity index (χ0v) is 17.1. The van der Waals surface area contributed by atoms with Crippen LogP contribution in [0.3, 0.4) is 0 Å². The summed E-state index contributed by atoms with van der Waals surface area (Å²) in [6.45, 7) is 5.82. The number of H-pyrrole nitrogens is 1. The van der Waals surface area contributed by atoms with Gasteiger partial charge in [-0.15, -0.1) is 0 Å². The quantitative estimate of drug-likeness (QED) is 0.643. The first-order chi connectivity index (χ1) is 14.4. The average molecular weight is 416 g/mol. The highest BCUT2D eigenvalue weighted by Crippen LogP contribution is 2.27. The van der Waals surface area contributed by atoms with E-state index in [1.807, 2.05) is 19.9 Å². The van der Waals surface area contributed by atoms with Gasteiger partial charge in [0, 0.05) is 43.5 Å². The summed E-state index contributed by atoms with van der Waals surface area (Å²) >= 11 is 0. The first kappa shape index (κ1) is 20.7. The Labute approximate surface area is 173 Å². The summed E-state index contributed by atoms with van der Waals surface area (Å²) < 4.78 is 33.6. The molecular formula is C22H26F2N4O2. The Morgan fingerprint density at radius 1 is 1.20 bits per heavy atom. The van der Waals surface area contributed by atoms with Crippen molar-refractivity contribution in [1.82, 2.24) is 19.9 Å². The van der Waals surface area contributed by atoms with Crippen LogP contribution in [0, 0.1) is 17.6 Å². The van der Waals surface area contributed by atoms with Crippen LogP contribution in [0.4, 0.5) is 8.78 Å². The zero-order chi connectivity index (χ0) is 21.3. The molecule has 0 aliphatic carbocycles. The third-order valence-electron chi connectivity index (χ3n) is 5.65. The van der Waals surface area contributed by atoms with E-state index < -0.39 is 11.6 Å². The monoisotopic (exact) mass is 416 g/mol. The third kappa shape index (κ3) is 4.29. The molecule has 3 heterocycles. The molecule has 1 atom stereocenters. The van der Waals surface area contributed by atoms with Gasteiger partial charge in [0.05, 0.1) is 11.7 Å². The lowest BCUT2D eigenvalue weighted by Crippen LogP contribution is -2.28. The van der Waals surface area contributed by atoms with Gasteiger partial charge in [0.15, 0.2) is 17.3 Å². The molecule has 0 radical (unpaired) electrons. The molecule has 4 rings (SSSR count). The van der Waals surface area contributed by atoms with E-state index >= 15 is 0 Å². The Morgan fingerprint density at radius 2 is 1.97 bits per heavy atom. The van der Waals surface area contributed by atoms with Gasteiger partial charge >= 0.3 is 0 Å². The normalized spacial score (nSPS) is 16.4. The minimum absolute atomic E-state index is 0.138. The van der Waals surface area contributed by atoms with Crippen molar-refractivity contribution in [2.24, 2.45) is 5.92 Å². The molecule has 1 aromatic carbocycles. The van der Waals surface area contributed by atoms with Crippen molar-refractivity contribution in [3.63, 3.8) is 0 Å². The summed E-state index contributed by atoms with van der Waals surface area (Å²) in [6.07, 6.45) is 1.83. The molecule has 1 unspecified atom stereocenters. The highest BCUT2D eigenvalue weighted by molar-refractivity contribution is 5.41. The average Bonchev–Trinajstić information content (AvgIpc) is 3.16. The van der Waals surface area contributed by atoms with Crippen LogP contribution >= 0.6 is 0 Å². The summed E-state index contributed by atoms with van der Waals surface area (Å²) in [7, 11) is 0. The maximum absolute atomic E-state index is 13.5. The largest absolute Gasteiger partial charge is 0.381 e. The number of nitrogens with one attached hydrogen (secondary N) is 2. The Kier molecular flexibility index (Phi) is 5.97. The molecule has 3 aromatic rings. The van der Waals surface area contributed by atoms with Gasteiger partial charge in [-0.25, -0.2) is 18.3 Å². The number of aromatic amines is 1. The van der Waals surface area contributed by atoms with Crippen molar-refractivity contribution >= 4 is 5.65 Å². The van der Waals surface area contributed by atoms with Gasteiger partial charge in [0.25, 0.3) is 5.56 Å². The van der Waals surface area contributed by atoms with Crippen LogP contribution in [0.1, 0.15) is 55.6 Å². The molecule has 1 fully saturated rings. The lowest BCUT2D eigenvalue weighted by atomic mass is 9.97. The number of benzene rings is 1. The number of fused-ring (bicyclic) bond motifs is 1. The Bertz CT molecular complexity index is 1090. The fourth-order valence-electron chi connectivity index (χ4n) is 3.96. The van der Waals surface area contributed by atoms with Crippen molar-refractivity contribution in [1.29, 1.82) is 0 Å². The van der Waals surface area contributed by atoms with E-state index in [0.717, 1.165) is 37.8 Å². The molecular weight excluding hydrogens is 390 g/mol. The predicted octanol–water partition coefficient (Wildman–Crippen LogP) is 3.68. The van der Waals surface area contributed by atoms with Crippen LogP contribution in [-0.4, -0.2) is 27.8 Å². The molecule has 1 aliphatic heterocycles. The van der Waals surface area contributed by atoms with Crippen molar-refractivity contribution in [3.8, 4) is 0 Å². The summed E-state index contributed by atoms with van der Waals surface area (Å²) in [6, 6.07) is 7.09. The van der Waals surface area contributed by atoms with Gasteiger partial charge in [-0.2, -0.15) is 0 Å². The number of hydrogen-bond acceptors (Lipinski definition) is 4. The van der Waals surface area contributed by atoms with Crippen molar-refractivity contribution in [3.05, 3.63) is 69.3 Å². The Hall–Kier alpha value is -2.58. The summed E-state index contributed by atoms with van der Waals surface area (Å²) in [5.41, 5.74) is 2.67. The molecule has 1 aliphatic rings. The topological polar surface area (TPSA) is 71.4 Å². The third-order valence-corrected chi connectivity index (χ3v) is 5.65. The number of halogens is 2. The van der Waals surface area contributed by atoms with Crippen LogP contribution in [0.25, 0.3) is 5.65 Å². The molecule has 30 heavy (non-hydrogen) atoms.